The number of phenolic OH excluding ortho intramolecular Hbond substituents is 1. The highest BCUT2D eigenvalue weighted by atomic mass is 16.5. The lowest BCUT2D eigenvalue weighted by Crippen LogP contribution is -2.18. The van der Waals surface area contributed by atoms with Gasteiger partial charge < -0.3 is 9.84 Å². The molecular formula is C36H66O3. The van der Waals surface area contributed by atoms with Gasteiger partial charge >= 0.3 is 5.97 Å². The third-order valence-corrected chi connectivity index (χ3v) is 7.66. The van der Waals surface area contributed by atoms with Gasteiger partial charge in [-0.3, -0.25) is 4.79 Å². The van der Waals surface area contributed by atoms with Crippen LogP contribution in [-0.2, 0) is 26.8 Å². The molecule has 0 saturated heterocycles. The smallest absolute Gasteiger partial charge is 0.306 e. The van der Waals surface area contributed by atoms with Gasteiger partial charge in [0.2, 0.25) is 0 Å². The molecule has 1 aromatic rings. The Labute approximate surface area is 243 Å². The molecule has 39 heavy (non-hydrogen) atoms. The van der Waals surface area contributed by atoms with Crippen molar-refractivity contribution >= 4 is 5.97 Å². The molecule has 3 heteroatoms. The van der Waals surface area contributed by atoms with Crippen LogP contribution in [0.2, 0.25) is 0 Å². The van der Waals surface area contributed by atoms with Gasteiger partial charge in [0.05, 0.1) is 6.61 Å². The van der Waals surface area contributed by atoms with E-state index >= 15 is 0 Å². The van der Waals surface area contributed by atoms with Crippen LogP contribution in [0.15, 0.2) is 12.1 Å². The molecule has 0 atom stereocenters. The van der Waals surface area contributed by atoms with Gasteiger partial charge in [0.15, 0.2) is 0 Å². The van der Waals surface area contributed by atoms with Gasteiger partial charge in [-0.2, -0.15) is 0 Å². The third kappa shape index (κ3) is 17.0. The number of benzene rings is 1. The Morgan fingerprint density at radius 3 is 1.38 bits per heavy atom. The number of aryl methyl sites for hydroxylation is 1. The Hall–Kier alpha value is -1.51. The first-order chi connectivity index (χ1) is 18.0. The van der Waals surface area contributed by atoms with Crippen LogP contribution in [0, 0.1) is 0 Å². The predicted octanol–water partition coefficient (Wildman–Crippen LogP) is 11.4. The highest BCUT2D eigenvalue weighted by Crippen LogP contribution is 2.40. The largest absolute Gasteiger partial charge is 0.507 e. The average molecular weight is 547 g/mol. The van der Waals surface area contributed by atoms with Gasteiger partial charge in [0, 0.05) is 6.42 Å². The molecule has 1 rings (SSSR count). The first kappa shape index (κ1) is 37.5. The molecule has 0 spiro atoms. The second-order valence-corrected chi connectivity index (χ2v) is 13.6. The Balaban J connectivity index is 0.0000144. The zero-order valence-electron chi connectivity index (χ0n) is 26.4. The number of unbranched alkanes of at least 4 members (excludes halogenated alkanes) is 15. The molecule has 0 aliphatic rings. The first-order valence-electron chi connectivity index (χ1n) is 16.0. The summed E-state index contributed by atoms with van der Waals surface area (Å²) in [7, 11) is 0. The minimum absolute atomic E-state index is 0. The lowest BCUT2D eigenvalue weighted by atomic mass is 9.78. The highest BCUT2D eigenvalue weighted by Gasteiger charge is 2.26. The number of carbonyl (C=O) groups is 1. The van der Waals surface area contributed by atoms with E-state index in [2.05, 4.69) is 60.6 Å². The molecule has 0 unspecified atom stereocenters. The fraction of sp³-hybridized carbons (Fsp3) is 0.806. The Bertz CT molecular complexity index is 731. The molecule has 0 heterocycles. The molecule has 0 aromatic heterocycles. The highest BCUT2D eigenvalue weighted by molar-refractivity contribution is 5.69. The summed E-state index contributed by atoms with van der Waals surface area (Å²) in [6, 6.07) is 4.13. The topological polar surface area (TPSA) is 46.5 Å². The predicted molar refractivity (Wildman–Crippen MR) is 171 cm³/mol. The van der Waals surface area contributed by atoms with E-state index < -0.39 is 0 Å². The number of esters is 1. The van der Waals surface area contributed by atoms with Gasteiger partial charge in [-0.05, 0) is 40.4 Å². The first-order valence-corrected chi connectivity index (χ1v) is 16.0. The number of phenols is 1. The molecule has 1 aromatic carbocycles. The molecule has 0 fully saturated rings. The molecule has 3 nitrogen and oxygen atoms in total. The zero-order valence-corrected chi connectivity index (χ0v) is 26.4. The number of rotatable bonds is 20. The van der Waals surface area contributed by atoms with Gasteiger partial charge in [-0.25, -0.2) is 0 Å². The van der Waals surface area contributed by atoms with Crippen LogP contribution < -0.4 is 0 Å². The van der Waals surface area contributed by atoms with Crippen molar-refractivity contribution in [1.82, 2.24) is 0 Å². The molecule has 0 bridgehead atoms. The van der Waals surface area contributed by atoms with Crippen molar-refractivity contribution < 1.29 is 14.6 Å². The van der Waals surface area contributed by atoms with Crippen molar-refractivity contribution in [1.29, 1.82) is 0 Å². The van der Waals surface area contributed by atoms with E-state index in [0.29, 0.717) is 25.2 Å². The van der Waals surface area contributed by atoms with E-state index in [9.17, 15) is 9.90 Å². The van der Waals surface area contributed by atoms with Crippen LogP contribution in [0.5, 0.6) is 5.75 Å². The van der Waals surface area contributed by atoms with Crippen molar-refractivity contribution in [3.05, 3.63) is 28.8 Å². The Kier molecular flexibility index (Phi) is 19.6. The molecule has 0 aliphatic heterocycles. The summed E-state index contributed by atoms with van der Waals surface area (Å²) >= 11 is 0. The summed E-state index contributed by atoms with van der Waals surface area (Å²) in [6.07, 6.45) is 22.5. The summed E-state index contributed by atoms with van der Waals surface area (Å²) in [6.45, 7) is 15.5. The molecule has 0 aliphatic carbocycles. The lowest BCUT2D eigenvalue weighted by molar-refractivity contribution is -0.143. The summed E-state index contributed by atoms with van der Waals surface area (Å²) in [5.41, 5.74) is 2.67. The van der Waals surface area contributed by atoms with Gasteiger partial charge in [0.1, 0.15) is 5.75 Å². The van der Waals surface area contributed by atoms with E-state index in [1.807, 2.05) is 0 Å². The monoisotopic (exact) mass is 547 g/mol. The second kappa shape index (κ2) is 20.4. The quantitative estimate of drug-likeness (QED) is 0.131. The van der Waals surface area contributed by atoms with Gasteiger partial charge in [-0.15, -0.1) is 0 Å². The molecule has 1 N–H and O–H groups in total. The molecule has 0 saturated carbocycles. The SMILES string of the molecule is C.CCCCCCCCCCCCCCCCCCOC(=O)CCc1cc(C(C)(C)C)c(O)c(C(C)(C)C)c1. The van der Waals surface area contributed by atoms with E-state index in [1.54, 1.807) is 0 Å². The van der Waals surface area contributed by atoms with Crippen molar-refractivity contribution in [3.8, 4) is 5.75 Å². The number of ether oxygens (including phenoxy) is 1. The minimum Gasteiger partial charge on any atom is -0.507 e. The minimum atomic E-state index is -0.159. The molecule has 228 valence electrons. The van der Waals surface area contributed by atoms with E-state index in [1.165, 1.54) is 89.9 Å². The second-order valence-electron chi connectivity index (χ2n) is 13.6. The van der Waals surface area contributed by atoms with Crippen LogP contribution in [0.25, 0.3) is 0 Å². The summed E-state index contributed by atoms with van der Waals surface area (Å²) in [5, 5.41) is 10.9. The Morgan fingerprint density at radius 2 is 1.03 bits per heavy atom. The maximum absolute atomic E-state index is 12.3. The fourth-order valence-corrected chi connectivity index (χ4v) is 5.14. The zero-order chi connectivity index (χ0) is 28.4. The third-order valence-electron chi connectivity index (χ3n) is 7.66. The van der Waals surface area contributed by atoms with Crippen molar-refractivity contribution in [2.24, 2.45) is 0 Å². The summed E-state index contributed by atoms with van der Waals surface area (Å²) < 4.78 is 5.51. The van der Waals surface area contributed by atoms with E-state index in [4.69, 9.17) is 4.74 Å². The van der Waals surface area contributed by atoms with Crippen LogP contribution in [-0.4, -0.2) is 17.7 Å². The van der Waals surface area contributed by atoms with Crippen LogP contribution in [0.4, 0.5) is 0 Å². The van der Waals surface area contributed by atoms with E-state index in [0.717, 1.165) is 29.5 Å². The number of aromatic hydroxyl groups is 1. The van der Waals surface area contributed by atoms with Gasteiger partial charge in [0.25, 0.3) is 0 Å². The van der Waals surface area contributed by atoms with E-state index in [-0.39, 0.29) is 24.2 Å². The van der Waals surface area contributed by atoms with Crippen molar-refractivity contribution in [2.75, 3.05) is 6.61 Å². The average Bonchev–Trinajstić information content (AvgIpc) is 2.83. The van der Waals surface area contributed by atoms with Crippen LogP contribution in [0.3, 0.4) is 0 Å². The normalized spacial score (nSPS) is 11.9. The number of hydrogen-bond donors (Lipinski definition) is 1. The number of carbonyl (C=O) groups excluding carboxylic acids is 1. The van der Waals surface area contributed by atoms with Crippen LogP contribution in [0.1, 0.15) is 182 Å². The Morgan fingerprint density at radius 1 is 0.667 bits per heavy atom. The fourth-order valence-electron chi connectivity index (χ4n) is 5.14. The van der Waals surface area contributed by atoms with Crippen molar-refractivity contribution in [3.63, 3.8) is 0 Å². The molecular weight excluding hydrogens is 480 g/mol. The molecule has 0 radical (unpaired) electrons. The summed E-state index contributed by atoms with van der Waals surface area (Å²) in [4.78, 5) is 12.3. The summed E-state index contributed by atoms with van der Waals surface area (Å²) in [5.74, 6) is 0.272. The van der Waals surface area contributed by atoms with Gasteiger partial charge in [-0.1, -0.05) is 164 Å². The maximum atomic E-state index is 12.3. The lowest BCUT2D eigenvalue weighted by Gasteiger charge is -2.28. The number of hydrogen-bond acceptors (Lipinski definition) is 3. The van der Waals surface area contributed by atoms with Crippen molar-refractivity contribution in [2.45, 2.75) is 182 Å². The standard InChI is InChI=1S/C35H62O3.CH4/c1-8-9-10-11-12-13-14-15-16-17-18-19-20-21-22-23-26-38-32(36)25-24-29-27-30(34(2,3)4)33(37)31(28-29)35(5,6)7;/h27-28,37H,8-26H2,1-7H3;1H4. The maximum Gasteiger partial charge on any atom is 0.306 e. The van der Waals surface area contributed by atoms with Crippen LogP contribution >= 0.6 is 0 Å². The molecule has 0 amide bonds.